The van der Waals surface area contributed by atoms with Crippen LogP contribution in [-0.2, 0) is 16.1 Å². The van der Waals surface area contributed by atoms with E-state index in [0.29, 0.717) is 6.54 Å². The number of hydrogen-bond acceptors (Lipinski definition) is 4. The minimum absolute atomic E-state index is 0.0469. The van der Waals surface area contributed by atoms with Gasteiger partial charge in [-0.05, 0) is 38.9 Å². The molecule has 0 aliphatic carbocycles. The molecule has 1 aromatic rings. The van der Waals surface area contributed by atoms with Crippen LogP contribution in [0, 0.1) is 0 Å². The fourth-order valence-corrected chi connectivity index (χ4v) is 3.34. The largest absolute Gasteiger partial charge is 0.376 e. The lowest BCUT2D eigenvalue weighted by molar-refractivity contribution is -0.126. The van der Waals surface area contributed by atoms with Gasteiger partial charge in [-0.2, -0.15) is 0 Å². The van der Waals surface area contributed by atoms with Crippen LogP contribution in [0.4, 0.5) is 0 Å². The van der Waals surface area contributed by atoms with Gasteiger partial charge >= 0.3 is 0 Å². The van der Waals surface area contributed by atoms with E-state index in [4.69, 9.17) is 16.3 Å². The summed E-state index contributed by atoms with van der Waals surface area (Å²) in [4.78, 5) is 15.3. The predicted molar refractivity (Wildman–Crippen MR) is 82.2 cm³/mol. The summed E-state index contributed by atoms with van der Waals surface area (Å²) in [7, 11) is 1.95. The second-order valence-electron chi connectivity index (χ2n) is 5.18. The molecule has 2 rings (SSSR count). The molecule has 20 heavy (non-hydrogen) atoms. The van der Waals surface area contributed by atoms with Crippen molar-refractivity contribution >= 4 is 28.8 Å². The highest BCUT2D eigenvalue weighted by molar-refractivity contribution is 7.16. The van der Waals surface area contributed by atoms with Gasteiger partial charge < -0.3 is 10.1 Å². The van der Waals surface area contributed by atoms with Gasteiger partial charge in [0.2, 0.25) is 5.91 Å². The Labute approximate surface area is 129 Å². The Kier molecular flexibility index (Phi) is 5.84. The molecule has 1 saturated heterocycles. The number of nitrogens with one attached hydrogen (secondary N) is 1. The van der Waals surface area contributed by atoms with Crippen molar-refractivity contribution in [2.24, 2.45) is 0 Å². The third-order valence-corrected chi connectivity index (χ3v) is 4.82. The van der Waals surface area contributed by atoms with E-state index in [1.165, 1.54) is 0 Å². The van der Waals surface area contributed by atoms with Crippen molar-refractivity contribution in [3.63, 3.8) is 0 Å². The molecule has 4 nitrogen and oxygen atoms in total. The maximum Gasteiger partial charge on any atom is 0.237 e. The van der Waals surface area contributed by atoms with Crippen molar-refractivity contribution in [3.05, 3.63) is 21.3 Å². The molecule has 1 aliphatic rings. The van der Waals surface area contributed by atoms with Crippen molar-refractivity contribution in [3.8, 4) is 0 Å². The maximum absolute atomic E-state index is 12.1. The molecule has 0 saturated carbocycles. The molecule has 0 spiro atoms. The molecule has 2 unspecified atom stereocenters. The summed E-state index contributed by atoms with van der Waals surface area (Å²) in [5, 5.41) is 2.97. The summed E-state index contributed by atoms with van der Waals surface area (Å²) in [6, 6.07) is 3.72. The number of rotatable bonds is 6. The lowest BCUT2D eigenvalue weighted by Crippen LogP contribution is -2.44. The van der Waals surface area contributed by atoms with Gasteiger partial charge in [0.1, 0.15) is 0 Å². The summed E-state index contributed by atoms with van der Waals surface area (Å²) in [5.74, 6) is 0.0469. The topological polar surface area (TPSA) is 41.6 Å². The molecule has 0 aromatic carbocycles. The number of thiophene rings is 1. The predicted octanol–water partition coefficient (Wildman–Crippen LogP) is 2.52. The van der Waals surface area contributed by atoms with E-state index in [2.05, 4.69) is 5.32 Å². The fraction of sp³-hybridized carbons (Fsp3) is 0.643. The van der Waals surface area contributed by atoms with Gasteiger partial charge in [0.15, 0.2) is 0 Å². The summed E-state index contributed by atoms with van der Waals surface area (Å²) >= 11 is 7.47. The van der Waals surface area contributed by atoms with Crippen LogP contribution < -0.4 is 5.32 Å². The summed E-state index contributed by atoms with van der Waals surface area (Å²) in [6.07, 6.45) is 2.32. The van der Waals surface area contributed by atoms with Gasteiger partial charge in [-0.1, -0.05) is 11.6 Å². The van der Waals surface area contributed by atoms with Crippen molar-refractivity contribution in [1.29, 1.82) is 0 Å². The van der Waals surface area contributed by atoms with E-state index in [1.54, 1.807) is 11.3 Å². The van der Waals surface area contributed by atoms with Gasteiger partial charge in [0.25, 0.3) is 0 Å². The van der Waals surface area contributed by atoms with Crippen molar-refractivity contribution in [1.82, 2.24) is 10.2 Å². The zero-order chi connectivity index (χ0) is 14.5. The van der Waals surface area contributed by atoms with Gasteiger partial charge in [-0.3, -0.25) is 9.69 Å². The molecular weight excluding hydrogens is 296 g/mol. The van der Waals surface area contributed by atoms with Crippen molar-refractivity contribution < 1.29 is 9.53 Å². The Balaban J connectivity index is 1.76. The smallest absolute Gasteiger partial charge is 0.237 e. The first kappa shape index (κ1) is 15.8. The minimum Gasteiger partial charge on any atom is -0.376 e. The van der Waals surface area contributed by atoms with Gasteiger partial charge in [-0.25, -0.2) is 0 Å². The number of halogens is 1. The highest BCUT2D eigenvalue weighted by Gasteiger charge is 2.21. The monoisotopic (exact) mass is 316 g/mol. The molecule has 1 aliphatic heterocycles. The molecule has 6 heteroatoms. The highest BCUT2D eigenvalue weighted by atomic mass is 35.5. The fourth-order valence-electron chi connectivity index (χ4n) is 2.19. The molecule has 0 bridgehead atoms. The van der Waals surface area contributed by atoms with E-state index >= 15 is 0 Å². The van der Waals surface area contributed by atoms with Crippen LogP contribution in [0.5, 0.6) is 0 Å². The number of carbonyl (C=O) groups excluding carboxylic acids is 1. The average Bonchev–Trinajstić information content (AvgIpc) is 3.06. The first-order chi connectivity index (χ1) is 9.56. The first-order valence-electron chi connectivity index (χ1n) is 6.90. The van der Waals surface area contributed by atoms with Crippen LogP contribution >= 0.6 is 22.9 Å². The summed E-state index contributed by atoms with van der Waals surface area (Å²) in [6.45, 7) is 4.07. The Morgan fingerprint density at radius 2 is 2.45 bits per heavy atom. The molecule has 2 heterocycles. The molecular formula is C14H21ClN2O2S. The van der Waals surface area contributed by atoms with Crippen molar-refractivity contribution in [2.45, 2.75) is 38.5 Å². The molecule has 1 N–H and O–H groups in total. The molecule has 0 radical (unpaired) electrons. The molecule has 1 fully saturated rings. The van der Waals surface area contributed by atoms with Crippen LogP contribution in [0.1, 0.15) is 24.6 Å². The number of hydrogen-bond donors (Lipinski definition) is 1. The van der Waals surface area contributed by atoms with Crippen LogP contribution in [0.15, 0.2) is 12.1 Å². The van der Waals surface area contributed by atoms with Crippen LogP contribution in [-0.4, -0.2) is 43.2 Å². The van der Waals surface area contributed by atoms with E-state index in [9.17, 15) is 4.79 Å². The number of nitrogens with zero attached hydrogens (tertiary/aromatic N) is 1. The third-order valence-electron chi connectivity index (χ3n) is 3.60. The Morgan fingerprint density at radius 3 is 3.05 bits per heavy atom. The Bertz CT molecular complexity index is 446. The zero-order valence-electron chi connectivity index (χ0n) is 11.9. The van der Waals surface area contributed by atoms with E-state index in [-0.39, 0.29) is 18.1 Å². The lowest BCUT2D eigenvalue weighted by atomic mass is 10.2. The number of likely N-dealkylation sites (N-methyl/N-ethyl adjacent to an activating group) is 1. The van der Waals surface area contributed by atoms with Crippen LogP contribution in [0.25, 0.3) is 0 Å². The molecule has 112 valence electrons. The van der Waals surface area contributed by atoms with E-state index in [0.717, 1.165) is 35.2 Å². The van der Waals surface area contributed by atoms with E-state index in [1.807, 2.05) is 31.0 Å². The van der Waals surface area contributed by atoms with E-state index < -0.39 is 0 Å². The molecule has 2 atom stereocenters. The Hall–Kier alpha value is -0.620. The SMILES string of the molecule is CC(C(=O)NCC1CCCO1)N(C)Cc1ccc(Cl)s1. The summed E-state index contributed by atoms with van der Waals surface area (Å²) in [5.41, 5.74) is 0. The maximum atomic E-state index is 12.1. The molecule has 1 aromatic heterocycles. The normalized spacial score (nSPS) is 20.3. The number of carbonyl (C=O) groups is 1. The van der Waals surface area contributed by atoms with Crippen LogP contribution in [0.3, 0.4) is 0 Å². The minimum atomic E-state index is -0.169. The van der Waals surface area contributed by atoms with Gasteiger partial charge in [0, 0.05) is 24.6 Å². The third kappa shape index (κ3) is 4.45. The molecule has 1 amide bonds. The number of ether oxygens (including phenoxy) is 1. The first-order valence-corrected chi connectivity index (χ1v) is 8.09. The number of amides is 1. The lowest BCUT2D eigenvalue weighted by Gasteiger charge is -2.23. The quantitative estimate of drug-likeness (QED) is 0.877. The van der Waals surface area contributed by atoms with Crippen molar-refractivity contribution in [2.75, 3.05) is 20.2 Å². The second-order valence-corrected chi connectivity index (χ2v) is 6.98. The highest BCUT2D eigenvalue weighted by Crippen LogP contribution is 2.22. The zero-order valence-corrected chi connectivity index (χ0v) is 13.5. The average molecular weight is 317 g/mol. The van der Waals surface area contributed by atoms with Gasteiger partial charge in [-0.15, -0.1) is 11.3 Å². The second kappa shape index (κ2) is 7.41. The van der Waals surface area contributed by atoms with Crippen LogP contribution in [0.2, 0.25) is 4.34 Å². The van der Waals surface area contributed by atoms with Gasteiger partial charge in [0.05, 0.1) is 16.5 Å². The Morgan fingerprint density at radius 1 is 1.65 bits per heavy atom. The standard InChI is InChI=1S/C14H21ClN2O2S/c1-10(14(18)16-8-11-4-3-7-19-11)17(2)9-12-5-6-13(15)20-12/h5-6,10-11H,3-4,7-9H2,1-2H3,(H,16,18). The summed E-state index contributed by atoms with van der Waals surface area (Å²) < 4.78 is 6.28.